The van der Waals surface area contributed by atoms with Crippen LogP contribution in [0.1, 0.15) is 35.7 Å². The van der Waals surface area contributed by atoms with Crippen LogP contribution in [-0.4, -0.2) is 11.9 Å². The number of furan rings is 1. The molecule has 1 aromatic heterocycles. The molecule has 112 valence electrons. The maximum atomic E-state index is 11.8. The van der Waals surface area contributed by atoms with Gasteiger partial charge in [-0.05, 0) is 56.7 Å². The fraction of sp³-hybridized carbons (Fsp3) is 0.312. The second-order valence-corrected chi connectivity index (χ2v) is 5.50. The van der Waals surface area contributed by atoms with Crippen molar-refractivity contribution in [3.63, 3.8) is 0 Å². The third-order valence-electron chi connectivity index (χ3n) is 2.82. The molecule has 0 fully saturated rings. The quantitative estimate of drug-likeness (QED) is 0.909. The molecule has 4 nitrogen and oxygen atoms in total. The van der Waals surface area contributed by atoms with E-state index in [0.29, 0.717) is 16.5 Å². The van der Waals surface area contributed by atoms with Crippen LogP contribution in [0, 0.1) is 6.92 Å². The van der Waals surface area contributed by atoms with E-state index in [2.05, 4.69) is 5.32 Å². The number of hydrogen-bond acceptors (Lipinski definition) is 3. The average Bonchev–Trinajstić information content (AvgIpc) is 2.88. The number of nitrogens with one attached hydrogen (secondary N) is 1. The van der Waals surface area contributed by atoms with Gasteiger partial charge in [-0.3, -0.25) is 4.79 Å². The van der Waals surface area contributed by atoms with Gasteiger partial charge in [-0.2, -0.15) is 0 Å². The molecule has 0 saturated heterocycles. The van der Waals surface area contributed by atoms with E-state index in [0.717, 1.165) is 5.56 Å². The monoisotopic (exact) mass is 307 g/mol. The van der Waals surface area contributed by atoms with E-state index >= 15 is 0 Å². The largest absolute Gasteiger partial charge is 0.486 e. The number of aryl methyl sites for hydroxylation is 1. The van der Waals surface area contributed by atoms with Crippen molar-refractivity contribution in [2.75, 3.05) is 0 Å². The summed E-state index contributed by atoms with van der Waals surface area (Å²) < 4.78 is 11.1. The van der Waals surface area contributed by atoms with Crippen LogP contribution in [0.2, 0.25) is 5.02 Å². The Morgan fingerprint density at radius 1 is 1.33 bits per heavy atom. The minimum Gasteiger partial charge on any atom is -0.486 e. The van der Waals surface area contributed by atoms with E-state index in [1.54, 1.807) is 24.3 Å². The molecule has 0 atom stereocenters. The van der Waals surface area contributed by atoms with Crippen molar-refractivity contribution in [1.82, 2.24) is 5.32 Å². The lowest BCUT2D eigenvalue weighted by atomic mass is 10.2. The normalized spacial score (nSPS) is 10.7. The molecule has 5 heteroatoms. The second-order valence-electron chi connectivity index (χ2n) is 5.09. The molecular formula is C16H18ClNO3. The van der Waals surface area contributed by atoms with Gasteiger partial charge < -0.3 is 14.5 Å². The van der Waals surface area contributed by atoms with Gasteiger partial charge in [-0.15, -0.1) is 0 Å². The second kappa shape index (κ2) is 6.68. The summed E-state index contributed by atoms with van der Waals surface area (Å²) in [6, 6.07) is 8.89. The van der Waals surface area contributed by atoms with E-state index in [1.807, 2.05) is 26.8 Å². The fourth-order valence-corrected chi connectivity index (χ4v) is 1.89. The van der Waals surface area contributed by atoms with E-state index in [-0.39, 0.29) is 24.3 Å². The van der Waals surface area contributed by atoms with E-state index in [4.69, 9.17) is 20.8 Å². The van der Waals surface area contributed by atoms with Gasteiger partial charge in [-0.1, -0.05) is 11.6 Å². The molecule has 1 N–H and O–H groups in total. The molecule has 0 aliphatic heterocycles. The van der Waals surface area contributed by atoms with Crippen LogP contribution in [-0.2, 0) is 6.61 Å². The molecule has 0 saturated carbocycles. The molecule has 0 aliphatic rings. The molecule has 0 radical (unpaired) electrons. The smallest absolute Gasteiger partial charge is 0.287 e. The zero-order chi connectivity index (χ0) is 15.4. The molecule has 0 bridgehead atoms. The van der Waals surface area contributed by atoms with E-state index < -0.39 is 0 Å². The zero-order valence-corrected chi connectivity index (χ0v) is 13.0. The minimum atomic E-state index is -0.224. The highest BCUT2D eigenvalue weighted by Crippen LogP contribution is 2.22. The number of halogens is 1. The summed E-state index contributed by atoms with van der Waals surface area (Å²) in [6.07, 6.45) is 0. The molecule has 21 heavy (non-hydrogen) atoms. The summed E-state index contributed by atoms with van der Waals surface area (Å²) >= 11 is 5.96. The average molecular weight is 308 g/mol. The zero-order valence-electron chi connectivity index (χ0n) is 12.3. The van der Waals surface area contributed by atoms with Crippen molar-refractivity contribution >= 4 is 17.5 Å². The van der Waals surface area contributed by atoms with E-state index in [9.17, 15) is 4.79 Å². The number of rotatable bonds is 5. The van der Waals surface area contributed by atoms with Crippen molar-refractivity contribution in [2.45, 2.75) is 33.4 Å². The van der Waals surface area contributed by atoms with Gasteiger partial charge in [0.25, 0.3) is 5.91 Å². The van der Waals surface area contributed by atoms with E-state index in [1.165, 1.54) is 0 Å². The Hall–Kier alpha value is -1.94. The lowest BCUT2D eigenvalue weighted by Crippen LogP contribution is -2.29. The summed E-state index contributed by atoms with van der Waals surface area (Å²) in [4.78, 5) is 11.8. The molecule has 1 heterocycles. The number of hydrogen-bond donors (Lipinski definition) is 1. The van der Waals surface area contributed by atoms with Crippen molar-refractivity contribution in [1.29, 1.82) is 0 Å². The summed E-state index contributed by atoms with van der Waals surface area (Å²) in [7, 11) is 0. The van der Waals surface area contributed by atoms with Crippen LogP contribution in [0.25, 0.3) is 0 Å². The highest BCUT2D eigenvalue weighted by molar-refractivity contribution is 6.31. The number of carbonyl (C=O) groups excluding carboxylic acids is 1. The van der Waals surface area contributed by atoms with Gasteiger partial charge in [0.2, 0.25) is 0 Å². The summed E-state index contributed by atoms with van der Waals surface area (Å²) in [5, 5.41) is 3.47. The van der Waals surface area contributed by atoms with Crippen molar-refractivity contribution in [3.8, 4) is 5.75 Å². The van der Waals surface area contributed by atoms with Crippen molar-refractivity contribution in [2.24, 2.45) is 0 Å². The van der Waals surface area contributed by atoms with Gasteiger partial charge in [0.05, 0.1) is 0 Å². The number of amides is 1. The van der Waals surface area contributed by atoms with Crippen LogP contribution in [0.4, 0.5) is 0 Å². The van der Waals surface area contributed by atoms with Gasteiger partial charge in [0.15, 0.2) is 5.76 Å². The van der Waals surface area contributed by atoms with Crippen LogP contribution in [0.15, 0.2) is 34.7 Å². The van der Waals surface area contributed by atoms with Gasteiger partial charge >= 0.3 is 0 Å². The Bertz CT molecular complexity index is 634. The number of benzene rings is 1. The number of carbonyl (C=O) groups is 1. The molecule has 1 amide bonds. The summed E-state index contributed by atoms with van der Waals surface area (Å²) in [5.41, 5.74) is 0.950. The SMILES string of the molecule is Cc1cc(OCc2ccc(C(=O)NC(C)C)o2)ccc1Cl. The van der Waals surface area contributed by atoms with Gasteiger partial charge in [0.1, 0.15) is 18.1 Å². The first-order valence-electron chi connectivity index (χ1n) is 6.74. The van der Waals surface area contributed by atoms with Crippen molar-refractivity contribution in [3.05, 3.63) is 52.4 Å². The van der Waals surface area contributed by atoms with Gasteiger partial charge in [0, 0.05) is 11.1 Å². The third-order valence-corrected chi connectivity index (χ3v) is 3.24. The Labute approximate surface area is 129 Å². The third kappa shape index (κ3) is 4.26. The topological polar surface area (TPSA) is 51.5 Å². The number of ether oxygens (including phenoxy) is 1. The Balaban J connectivity index is 1.96. The first-order valence-corrected chi connectivity index (χ1v) is 7.12. The molecule has 0 spiro atoms. The predicted molar refractivity (Wildman–Crippen MR) is 81.8 cm³/mol. The lowest BCUT2D eigenvalue weighted by Gasteiger charge is -2.07. The lowest BCUT2D eigenvalue weighted by molar-refractivity contribution is 0.0911. The molecule has 0 aliphatic carbocycles. The summed E-state index contributed by atoms with van der Waals surface area (Å²) in [5.74, 6) is 1.37. The Morgan fingerprint density at radius 2 is 2.10 bits per heavy atom. The van der Waals surface area contributed by atoms with Gasteiger partial charge in [-0.25, -0.2) is 0 Å². The van der Waals surface area contributed by atoms with Crippen LogP contribution >= 0.6 is 11.6 Å². The maximum Gasteiger partial charge on any atom is 0.287 e. The Kier molecular flexibility index (Phi) is 4.91. The van der Waals surface area contributed by atoms with Crippen LogP contribution in [0.3, 0.4) is 0 Å². The first kappa shape index (κ1) is 15.4. The highest BCUT2D eigenvalue weighted by Gasteiger charge is 2.12. The molecule has 2 aromatic rings. The molecule has 1 aromatic carbocycles. The summed E-state index contributed by atoms with van der Waals surface area (Å²) in [6.45, 7) is 5.97. The standard InChI is InChI=1S/C16H18ClNO3/c1-10(2)18-16(19)15-7-5-13(21-15)9-20-12-4-6-14(17)11(3)8-12/h4-8,10H,9H2,1-3H3,(H,18,19). The minimum absolute atomic E-state index is 0.0688. The van der Waals surface area contributed by atoms with Crippen LogP contribution in [0.5, 0.6) is 5.75 Å². The predicted octanol–water partition coefficient (Wildman–Crippen LogP) is 3.96. The molecule has 2 rings (SSSR count). The molecule has 0 unspecified atom stereocenters. The maximum absolute atomic E-state index is 11.8. The van der Waals surface area contributed by atoms with Crippen molar-refractivity contribution < 1.29 is 13.9 Å². The Morgan fingerprint density at radius 3 is 2.76 bits per heavy atom. The fourth-order valence-electron chi connectivity index (χ4n) is 1.77. The first-order chi connectivity index (χ1) is 9.95. The molecular weight excluding hydrogens is 290 g/mol. The highest BCUT2D eigenvalue weighted by atomic mass is 35.5. The van der Waals surface area contributed by atoms with Crippen LogP contribution < -0.4 is 10.1 Å².